The topological polar surface area (TPSA) is 111 Å². The van der Waals surface area contributed by atoms with Crippen molar-refractivity contribution in [1.82, 2.24) is 9.80 Å². The Kier molecular flexibility index (Phi) is 9.75. The van der Waals surface area contributed by atoms with Crippen LogP contribution in [0.5, 0.6) is 0 Å². The summed E-state index contributed by atoms with van der Waals surface area (Å²) in [6, 6.07) is 3.43. The van der Waals surface area contributed by atoms with Crippen LogP contribution in [0.3, 0.4) is 0 Å². The highest BCUT2D eigenvalue weighted by Gasteiger charge is 2.31. The number of rotatable bonds is 9. The Morgan fingerprint density at radius 3 is 2.29 bits per heavy atom. The Morgan fingerprint density at radius 2 is 1.71 bits per heavy atom. The van der Waals surface area contributed by atoms with Crippen LogP contribution in [0.15, 0.2) is 18.2 Å². The summed E-state index contributed by atoms with van der Waals surface area (Å²) in [5.74, 6) is -1.10. The summed E-state index contributed by atoms with van der Waals surface area (Å²) in [6.07, 6.45) is -5.48. The fourth-order valence-corrected chi connectivity index (χ4v) is 3.28. The number of benzene rings is 1. The van der Waals surface area contributed by atoms with Crippen LogP contribution in [0, 0.1) is 5.41 Å². The number of esters is 2. The minimum Gasteiger partial charge on any atom is -0.530 e. The van der Waals surface area contributed by atoms with Gasteiger partial charge in [-0.15, -0.1) is 0 Å². The summed E-state index contributed by atoms with van der Waals surface area (Å²) in [4.78, 5) is 37.6. The van der Waals surface area contributed by atoms with Crippen molar-refractivity contribution < 1.29 is 42.1 Å². The molecule has 9 nitrogen and oxygen atoms in total. The lowest BCUT2D eigenvalue weighted by molar-refractivity contribution is -0.266. The summed E-state index contributed by atoms with van der Waals surface area (Å²) in [6.45, 7) is 6.43. The lowest BCUT2D eigenvalue weighted by Crippen LogP contribution is -2.52. The number of carboxylic acid groups (broad SMARTS) is 1. The maximum atomic E-state index is 13.2. The Hall–Kier alpha value is -3.02. The molecule has 12 heteroatoms. The standard InChI is InChI=1S/C23H32F3N3O6/c1-22(2,3)20(31)35-15-34-19(30)5-4-8-27-18-13-17(23(24,25)26)7-6-16(18)14-28-9-11-29(12-10-28)21(32)33/h6-7,13,27H,4-5,8-12,14-15H2,1-3H3,(H,32,33)/p-1. The molecule has 35 heavy (non-hydrogen) atoms. The molecule has 0 atom stereocenters. The Balaban J connectivity index is 1.89. The monoisotopic (exact) mass is 502 g/mol. The van der Waals surface area contributed by atoms with Crippen molar-refractivity contribution in [2.75, 3.05) is 44.8 Å². The fourth-order valence-electron chi connectivity index (χ4n) is 3.28. The van der Waals surface area contributed by atoms with Crippen LogP contribution in [0.4, 0.5) is 23.7 Å². The summed E-state index contributed by atoms with van der Waals surface area (Å²) in [5, 5.41) is 13.9. The first kappa shape index (κ1) is 28.2. The quantitative estimate of drug-likeness (QED) is 0.312. The molecule has 0 aliphatic carbocycles. The molecule has 0 aromatic heterocycles. The molecule has 1 fully saturated rings. The number of anilines is 1. The molecule has 1 saturated heterocycles. The molecule has 0 saturated carbocycles. The minimum absolute atomic E-state index is 0.0143. The molecule has 1 aliphatic heterocycles. The van der Waals surface area contributed by atoms with Gasteiger partial charge >= 0.3 is 18.1 Å². The second kappa shape index (κ2) is 12.1. The van der Waals surface area contributed by atoms with Gasteiger partial charge in [-0.25, -0.2) is 0 Å². The van der Waals surface area contributed by atoms with Gasteiger partial charge in [0.15, 0.2) is 0 Å². The van der Waals surface area contributed by atoms with Gasteiger partial charge in [-0.2, -0.15) is 13.2 Å². The largest absolute Gasteiger partial charge is 0.530 e. The predicted molar refractivity (Wildman–Crippen MR) is 118 cm³/mol. The van der Waals surface area contributed by atoms with E-state index in [1.165, 1.54) is 11.0 Å². The van der Waals surface area contributed by atoms with Crippen molar-refractivity contribution in [3.63, 3.8) is 0 Å². The van der Waals surface area contributed by atoms with Crippen molar-refractivity contribution in [3.05, 3.63) is 29.3 Å². The van der Waals surface area contributed by atoms with E-state index in [1.54, 1.807) is 20.8 Å². The first-order valence-corrected chi connectivity index (χ1v) is 11.2. The molecule has 2 rings (SSSR count). The van der Waals surface area contributed by atoms with Gasteiger partial charge in [0, 0.05) is 51.4 Å². The molecule has 0 unspecified atom stereocenters. The van der Waals surface area contributed by atoms with Gasteiger partial charge < -0.3 is 29.6 Å². The maximum Gasteiger partial charge on any atom is 0.416 e. The first-order chi connectivity index (χ1) is 16.3. The zero-order chi connectivity index (χ0) is 26.2. The summed E-state index contributed by atoms with van der Waals surface area (Å²) < 4.78 is 49.4. The minimum atomic E-state index is -4.51. The van der Waals surface area contributed by atoms with Gasteiger partial charge in [-0.1, -0.05) is 6.07 Å². The van der Waals surface area contributed by atoms with E-state index in [9.17, 15) is 32.7 Å². The van der Waals surface area contributed by atoms with Gasteiger partial charge in [0.25, 0.3) is 0 Å². The van der Waals surface area contributed by atoms with Crippen LogP contribution in [-0.2, 0) is 31.8 Å². The Labute approximate surface area is 202 Å². The normalized spacial score (nSPS) is 15.0. The molecule has 1 aromatic carbocycles. The third kappa shape index (κ3) is 9.27. The molecule has 0 radical (unpaired) electrons. The first-order valence-electron chi connectivity index (χ1n) is 11.2. The lowest BCUT2D eigenvalue weighted by Gasteiger charge is -2.36. The number of hydrogen-bond acceptors (Lipinski definition) is 8. The van der Waals surface area contributed by atoms with Crippen molar-refractivity contribution >= 4 is 23.7 Å². The van der Waals surface area contributed by atoms with Crippen LogP contribution in [0.2, 0.25) is 0 Å². The van der Waals surface area contributed by atoms with Crippen molar-refractivity contribution in [3.8, 4) is 0 Å². The van der Waals surface area contributed by atoms with Gasteiger partial charge in [0.2, 0.25) is 6.79 Å². The Morgan fingerprint density at radius 1 is 1.06 bits per heavy atom. The molecular weight excluding hydrogens is 471 g/mol. The predicted octanol–water partition coefficient (Wildman–Crippen LogP) is 2.45. The number of halogens is 3. The summed E-state index contributed by atoms with van der Waals surface area (Å²) in [5.41, 5.74) is -0.614. The third-order valence-corrected chi connectivity index (χ3v) is 5.36. The molecule has 1 aromatic rings. The highest BCUT2D eigenvalue weighted by atomic mass is 19.4. The fraction of sp³-hybridized carbons (Fsp3) is 0.609. The van der Waals surface area contributed by atoms with Gasteiger partial charge in [-0.05, 0) is 44.9 Å². The summed E-state index contributed by atoms with van der Waals surface area (Å²) in [7, 11) is 0. The number of carbonyl (C=O) groups excluding carboxylic acids is 3. The van der Waals surface area contributed by atoms with E-state index in [4.69, 9.17) is 9.47 Å². The van der Waals surface area contributed by atoms with E-state index in [2.05, 4.69) is 5.32 Å². The smallest absolute Gasteiger partial charge is 0.416 e. The van der Waals surface area contributed by atoms with Crippen molar-refractivity contribution in [2.24, 2.45) is 5.41 Å². The highest BCUT2D eigenvalue weighted by Crippen LogP contribution is 2.32. The van der Waals surface area contributed by atoms with Crippen molar-refractivity contribution in [2.45, 2.75) is 46.3 Å². The van der Waals surface area contributed by atoms with Crippen LogP contribution < -0.4 is 10.4 Å². The van der Waals surface area contributed by atoms with E-state index < -0.39 is 42.0 Å². The molecular formula is C23H31F3N3O6-. The SMILES string of the molecule is CC(C)(C)C(=O)OCOC(=O)CCCNc1cc(C(F)(F)F)ccc1CN1CCN(C(=O)[O-])CC1. The Bertz CT molecular complexity index is 893. The lowest BCUT2D eigenvalue weighted by atomic mass is 9.98. The number of nitrogens with one attached hydrogen (secondary N) is 1. The van der Waals surface area contributed by atoms with E-state index in [1.807, 2.05) is 4.90 Å². The number of amides is 1. The number of ether oxygens (including phenoxy) is 2. The van der Waals surface area contributed by atoms with E-state index in [0.29, 0.717) is 25.2 Å². The van der Waals surface area contributed by atoms with Crippen LogP contribution in [-0.4, -0.2) is 67.3 Å². The van der Waals surface area contributed by atoms with E-state index in [-0.39, 0.29) is 38.2 Å². The molecule has 196 valence electrons. The molecule has 0 bridgehead atoms. The molecule has 1 amide bonds. The second-order valence-electron chi connectivity index (χ2n) is 9.25. The molecule has 1 N–H and O–H groups in total. The average molecular weight is 503 g/mol. The number of nitrogens with zero attached hydrogens (tertiary/aromatic N) is 2. The van der Waals surface area contributed by atoms with E-state index in [0.717, 1.165) is 12.1 Å². The molecule has 1 aliphatic rings. The number of piperazine rings is 1. The average Bonchev–Trinajstić information content (AvgIpc) is 2.76. The third-order valence-electron chi connectivity index (χ3n) is 5.36. The summed E-state index contributed by atoms with van der Waals surface area (Å²) >= 11 is 0. The number of alkyl halides is 3. The van der Waals surface area contributed by atoms with Gasteiger partial charge in [0.05, 0.1) is 11.0 Å². The van der Waals surface area contributed by atoms with Gasteiger partial charge in [-0.3, -0.25) is 14.5 Å². The van der Waals surface area contributed by atoms with Crippen LogP contribution in [0.1, 0.15) is 44.7 Å². The second-order valence-corrected chi connectivity index (χ2v) is 9.25. The molecule has 1 heterocycles. The van der Waals surface area contributed by atoms with Crippen molar-refractivity contribution in [1.29, 1.82) is 0 Å². The zero-order valence-electron chi connectivity index (χ0n) is 20.1. The van der Waals surface area contributed by atoms with Crippen LogP contribution >= 0.6 is 0 Å². The number of carbonyl (C=O) groups is 3. The molecule has 0 spiro atoms. The highest BCUT2D eigenvalue weighted by molar-refractivity contribution is 5.75. The maximum absolute atomic E-state index is 13.2. The van der Waals surface area contributed by atoms with Crippen LogP contribution in [0.25, 0.3) is 0 Å². The number of hydrogen-bond donors (Lipinski definition) is 1. The van der Waals surface area contributed by atoms with Gasteiger partial charge in [0.1, 0.15) is 6.09 Å². The van der Waals surface area contributed by atoms with E-state index >= 15 is 0 Å². The zero-order valence-corrected chi connectivity index (χ0v) is 20.1.